The summed E-state index contributed by atoms with van der Waals surface area (Å²) in [5.41, 5.74) is 0.619. The number of carbonyl (C=O) groups excluding carboxylic acids is 1. The summed E-state index contributed by atoms with van der Waals surface area (Å²) in [4.78, 5) is 20.4. The maximum atomic E-state index is 12.2. The van der Waals surface area contributed by atoms with Crippen LogP contribution in [0.25, 0.3) is 0 Å². The largest absolute Gasteiger partial charge is 0.336 e. The number of nitrogens with zero attached hydrogens (tertiary/aromatic N) is 3. The zero-order chi connectivity index (χ0) is 13.1. The third-order valence-electron chi connectivity index (χ3n) is 3.31. The van der Waals surface area contributed by atoms with E-state index < -0.39 is 0 Å². The Balaban J connectivity index is 1.99. The monoisotopic (exact) mass is 267 g/mol. The van der Waals surface area contributed by atoms with E-state index in [0.717, 1.165) is 26.2 Å². The minimum atomic E-state index is 0.0442. The first-order chi connectivity index (χ1) is 8.58. The van der Waals surface area contributed by atoms with Crippen LogP contribution in [0.5, 0.6) is 0 Å². The van der Waals surface area contributed by atoms with Crippen LogP contribution in [-0.4, -0.2) is 52.9 Å². The lowest BCUT2D eigenvalue weighted by Crippen LogP contribution is -2.50. The average molecular weight is 268 g/mol. The molecule has 1 aromatic rings. The van der Waals surface area contributed by atoms with Crippen LogP contribution in [0.2, 0.25) is 5.15 Å². The molecule has 1 fully saturated rings. The van der Waals surface area contributed by atoms with Crippen LogP contribution in [0.4, 0.5) is 0 Å². The standard InChI is InChI=1S/C13H18ClN3O/c1-10(2)16-5-7-17(8-6-16)13(18)11-3-4-15-12(14)9-11/h3-4,9-10H,5-8H2,1-2H3. The van der Waals surface area contributed by atoms with Crippen LogP contribution in [0, 0.1) is 0 Å². The Labute approximate surface area is 113 Å². The van der Waals surface area contributed by atoms with Gasteiger partial charge >= 0.3 is 0 Å². The summed E-state index contributed by atoms with van der Waals surface area (Å²) >= 11 is 5.80. The van der Waals surface area contributed by atoms with Crippen molar-refractivity contribution in [1.29, 1.82) is 0 Å². The van der Waals surface area contributed by atoms with E-state index in [1.165, 1.54) is 0 Å². The van der Waals surface area contributed by atoms with E-state index >= 15 is 0 Å². The first-order valence-corrected chi connectivity index (χ1v) is 6.60. The molecule has 0 bridgehead atoms. The molecule has 0 aliphatic carbocycles. The summed E-state index contributed by atoms with van der Waals surface area (Å²) < 4.78 is 0. The van der Waals surface area contributed by atoms with Crippen molar-refractivity contribution in [3.8, 4) is 0 Å². The minimum absolute atomic E-state index is 0.0442. The second-order valence-electron chi connectivity index (χ2n) is 4.79. The topological polar surface area (TPSA) is 36.4 Å². The SMILES string of the molecule is CC(C)N1CCN(C(=O)c2ccnc(Cl)c2)CC1. The number of hydrogen-bond donors (Lipinski definition) is 0. The molecule has 18 heavy (non-hydrogen) atoms. The Morgan fingerprint density at radius 1 is 1.33 bits per heavy atom. The predicted molar refractivity (Wildman–Crippen MR) is 71.9 cm³/mol. The van der Waals surface area contributed by atoms with Crippen molar-refractivity contribution >= 4 is 17.5 Å². The molecule has 98 valence electrons. The molecule has 4 nitrogen and oxygen atoms in total. The van der Waals surface area contributed by atoms with Crippen LogP contribution in [-0.2, 0) is 0 Å². The van der Waals surface area contributed by atoms with Gasteiger partial charge in [0.05, 0.1) is 0 Å². The summed E-state index contributed by atoms with van der Waals surface area (Å²) in [6.07, 6.45) is 1.57. The van der Waals surface area contributed by atoms with Gasteiger partial charge in [0.25, 0.3) is 5.91 Å². The third kappa shape index (κ3) is 3.00. The molecule has 0 radical (unpaired) electrons. The molecule has 1 aliphatic rings. The zero-order valence-corrected chi connectivity index (χ0v) is 11.5. The number of rotatable bonds is 2. The fraction of sp³-hybridized carbons (Fsp3) is 0.538. The lowest BCUT2D eigenvalue weighted by Gasteiger charge is -2.36. The van der Waals surface area contributed by atoms with Gasteiger partial charge in [0, 0.05) is 44.0 Å². The highest BCUT2D eigenvalue weighted by Crippen LogP contribution is 2.12. The van der Waals surface area contributed by atoms with Gasteiger partial charge in [-0.25, -0.2) is 4.98 Å². The lowest BCUT2D eigenvalue weighted by molar-refractivity contribution is 0.0595. The molecule has 2 rings (SSSR count). The van der Waals surface area contributed by atoms with Gasteiger partial charge in [0.2, 0.25) is 0 Å². The van der Waals surface area contributed by atoms with Crippen molar-refractivity contribution in [2.75, 3.05) is 26.2 Å². The van der Waals surface area contributed by atoms with Gasteiger partial charge in [0.15, 0.2) is 0 Å². The number of pyridine rings is 1. The van der Waals surface area contributed by atoms with E-state index in [0.29, 0.717) is 16.8 Å². The van der Waals surface area contributed by atoms with E-state index in [4.69, 9.17) is 11.6 Å². The van der Waals surface area contributed by atoms with E-state index in [9.17, 15) is 4.79 Å². The van der Waals surface area contributed by atoms with Gasteiger partial charge in [-0.05, 0) is 26.0 Å². The smallest absolute Gasteiger partial charge is 0.254 e. The van der Waals surface area contributed by atoms with Crippen LogP contribution in [0.3, 0.4) is 0 Å². The van der Waals surface area contributed by atoms with Crippen molar-refractivity contribution in [1.82, 2.24) is 14.8 Å². The molecule has 0 unspecified atom stereocenters. The van der Waals surface area contributed by atoms with E-state index in [2.05, 4.69) is 23.7 Å². The first kappa shape index (κ1) is 13.3. The molecule has 0 N–H and O–H groups in total. The number of amides is 1. The van der Waals surface area contributed by atoms with Gasteiger partial charge in [-0.3, -0.25) is 9.69 Å². The van der Waals surface area contributed by atoms with Gasteiger partial charge in [-0.1, -0.05) is 11.6 Å². The van der Waals surface area contributed by atoms with Gasteiger partial charge < -0.3 is 4.90 Å². The number of halogens is 1. The second kappa shape index (κ2) is 5.67. The number of aromatic nitrogens is 1. The molecule has 5 heteroatoms. The molecule has 1 saturated heterocycles. The molecule has 0 aromatic carbocycles. The maximum absolute atomic E-state index is 12.2. The summed E-state index contributed by atoms with van der Waals surface area (Å²) in [5.74, 6) is 0.0442. The summed E-state index contributed by atoms with van der Waals surface area (Å²) in [5, 5.41) is 0.363. The Hall–Kier alpha value is -1.13. The highest BCUT2D eigenvalue weighted by Gasteiger charge is 2.23. The Morgan fingerprint density at radius 2 is 2.00 bits per heavy atom. The van der Waals surface area contributed by atoms with Crippen molar-refractivity contribution in [2.45, 2.75) is 19.9 Å². The van der Waals surface area contributed by atoms with Crippen LogP contribution in [0.1, 0.15) is 24.2 Å². The van der Waals surface area contributed by atoms with Crippen molar-refractivity contribution < 1.29 is 4.79 Å². The van der Waals surface area contributed by atoms with Gasteiger partial charge in [0.1, 0.15) is 5.15 Å². The van der Waals surface area contributed by atoms with Crippen molar-refractivity contribution in [2.24, 2.45) is 0 Å². The molecular weight excluding hydrogens is 250 g/mol. The van der Waals surface area contributed by atoms with E-state index in [-0.39, 0.29) is 5.91 Å². The maximum Gasteiger partial charge on any atom is 0.254 e. The van der Waals surface area contributed by atoms with E-state index in [1.54, 1.807) is 18.3 Å². The summed E-state index contributed by atoms with van der Waals surface area (Å²) in [7, 11) is 0. The zero-order valence-electron chi connectivity index (χ0n) is 10.8. The average Bonchev–Trinajstić information content (AvgIpc) is 2.38. The lowest BCUT2D eigenvalue weighted by atomic mass is 10.2. The fourth-order valence-corrected chi connectivity index (χ4v) is 2.33. The number of hydrogen-bond acceptors (Lipinski definition) is 3. The molecule has 1 aromatic heterocycles. The highest BCUT2D eigenvalue weighted by molar-refractivity contribution is 6.29. The Kier molecular flexibility index (Phi) is 4.19. The number of carbonyl (C=O) groups is 1. The summed E-state index contributed by atoms with van der Waals surface area (Å²) in [6.45, 7) is 7.78. The fourth-order valence-electron chi connectivity index (χ4n) is 2.16. The van der Waals surface area contributed by atoms with Crippen molar-refractivity contribution in [3.05, 3.63) is 29.0 Å². The predicted octanol–water partition coefficient (Wildman–Crippen LogP) is 1.90. The molecule has 0 spiro atoms. The molecular formula is C13H18ClN3O. The minimum Gasteiger partial charge on any atom is -0.336 e. The second-order valence-corrected chi connectivity index (χ2v) is 5.18. The van der Waals surface area contributed by atoms with Gasteiger partial charge in [-0.2, -0.15) is 0 Å². The first-order valence-electron chi connectivity index (χ1n) is 6.23. The van der Waals surface area contributed by atoms with Crippen LogP contribution in [0.15, 0.2) is 18.3 Å². The number of piperazine rings is 1. The molecule has 1 amide bonds. The molecule has 0 atom stereocenters. The van der Waals surface area contributed by atoms with Gasteiger partial charge in [-0.15, -0.1) is 0 Å². The normalized spacial score (nSPS) is 17.2. The molecule has 0 saturated carbocycles. The van der Waals surface area contributed by atoms with Crippen LogP contribution >= 0.6 is 11.6 Å². The Bertz CT molecular complexity index is 428. The van der Waals surface area contributed by atoms with Crippen molar-refractivity contribution in [3.63, 3.8) is 0 Å². The van der Waals surface area contributed by atoms with E-state index in [1.807, 2.05) is 4.90 Å². The highest BCUT2D eigenvalue weighted by atomic mass is 35.5. The third-order valence-corrected chi connectivity index (χ3v) is 3.51. The summed E-state index contributed by atoms with van der Waals surface area (Å²) in [6, 6.07) is 3.87. The molecule has 2 heterocycles. The molecule has 1 aliphatic heterocycles. The van der Waals surface area contributed by atoms with Crippen LogP contribution < -0.4 is 0 Å². The Morgan fingerprint density at radius 3 is 2.56 bits per heavy atom. The quantitative estimate of drug-likeness (QED) is 0.768.